The largest absolute Gasteiger partial charge is 0.339 e. The highest BCUT2D eigenvalue weighted by molar-refractivity contribution is 5.96. The second-order valence-corrected chi connectivity index (χ2v) is 4.36. The van der Waals surface area contributed by atoms with E-state index in [1.807, 2.05) is 29.2 Å². The van der Waals surface area contributed by atoms with E-state index in [-0.39, 0.29) is 5.91 Å². The summed E-state index contributed by atoms with van der Waals surface area (Å²) >= 11 is 0. The van der Waals surface area contributed by atoms with Gasteiger partial charge in [-0.1, -0.05) is 23.3 Å². The number of hydrogen-bond donors (Lipinski definition) is 0. The molecule has 0 radical (unpaired) electrons. The summed E-state index contributed by atoms with van der Waals surface area (Å²) in [5.74, 6) is 0.101. The van der Waals surface area contributed by atoms with Crippen molar-refractivity contribution in [3.63, 3.8) is 0 Å². The van der Waals surface area contributed by atoms with E-state index in [4.69, 9.17) is 5.53 Å². The Balaban J connectivity index is 2.05. The SMILES string of the molecule is [N-]=[N+]=NCCCN1CCCc2ccccc2C1=O. The van der Waals surface area contributed by atoms with Gasteiger partial charge in [-0.2, -0.15) is 0 Å². The van der Waals surface area contributed by atoms with E-state index in [9.17, 15) is 4.79 Å². The van der Waals surface area contributed by atoms with Crippen molar-refractivity contribution in [3.05, 3.63) is 45.8 Å². The molecule has 1 aromatic carbocycles. The molecule has 1 amide bonds. The van der Waals surface area contributed by atoms with Gasteiger partial charge in [-0.15, -0.1) is 0 Å². The summed E-state index contributed by atoms with van der Waals surface area (Å²) in [7, 11) is 0. The lowest BCUT2D eigenvalue weighted by Crippen LogP contribution is -2.32. The van der Waals surface area contributed by atoms with Crippen LogP contribution < -0.4 is 0 Å². The molecular weight excluding hydrogens is 228 g/mol. The third-order valence-electron chi connectivity index (χ3n) is 3.16. The molecular formula is C13H16N4O. The van der Waals surface area contributed by atoms with Gasteiger partial charge in [0.05, 0.1) is 0 Å². The maximum absolute atomic E-state index is 12.3. The van der Waals surface area contributed by atoms with Crippen LogP contribution in [-0.2, 0) is 6.42 Å². The number of rotatable bonds is 4. The van der Waals surface area contributed by atoms with Crippen molar-refractivity contribution in [2.24, 2.45) is 5.11 Å². The first-order chi connectivity index (χ1) is 8.83. The molecule has 2 rings (SSSR count). The van der Waals surface area contributed by atoms with Crippen LogP contribution in [0.4, 0.5) is 0 Å². The van der Waals surface area contributed by atoms with E-state index in [1.54, 1.807) is 0 Å². The molecule has 1 aromatic rings. The van der Waals surface area contributed by atoms with Crippen LogP contribution in [0.1, 0.15) is 28.8 Å². The summed E-state index contributed by atoms with van der Waals surface area (Å²) < 4.78 is 0. The van der Waals surface area contributed by atoms with Crippen LogP contribution in [-0.4, -0.2) is 30.4 Å². The van der Waals surface area contributed by atoms with E-state index < -0.39 is 0 Å². The predicted octanol–water partition coefficient (Wildman–Crippen LogP) is 2.78. The van der Waals surface area contributed by atoms with Crippen LogP contribution in [0.15, 0.2) is 29.4 Å². The highest BCUT2D eigenvalue weighted by atomic mass is 16.2. The zero-order valence-electron chi connectivity index (χ0n) is 10.2. The molecule has 1 aliphatic heterocycles. The van der Waals surface area contributed by atoms with E-state index in [2.05, 4.69) is 10.0 Å². The number of azide groups is 1. The summed E-state index contributed by atoms with van der Waals surface area (Å²) in [6, 6.07) is 7.80. The summed E-state index contributed by atoms with van der Waals surface area (Å²) in [4.78, 5) is 16.9. The van der Waals surface area contributed by atoms with Crippen LogP contribution in [0.25, 0.3) is 10.4 Å². The molecule has 0 bridgehead atoms. The van der Waals surface area contributed by atoms with E-state index >= 15 is 0 Å². The molecule has 18 heavy (non-hydrogen) atoms. The molecule has 0 aromatic heterocycles. The average molecular weight is 244 g/mol. The number of carbonyl (C=O) groups excluding carboxylic acids is 1. The van der Waals surface area contributed by atoms with Crippen molar-refractivity contribution < 1.29 is 4.79 Å². The Hall–Kier alpha value is -2.00. The Morgan fingerprint density at radius 1 is 1.39 bits per heavy atom. The molecule has 0 aliphatic carbocycles. The normalized spacial score (nSPS) is 14.7. The van der Waals surface area contributed by atoms with Gasteiger partial charge in [-0.3, -0.25) is 4.79 Å². The first-order valence-corrected chi connectivity index (χ1v) is 6.21. The Bertz CT molecular complexity index is 480. The Morgan fingerprint density at radius 3 is 3.06 bits per heavy atom. The monoisotopic (exact) mass is 244 g/mol. The maximum Gasteiger partial charge on any atom is 0.254 e. The second kappa shape index (κ2) is 6.07. The second-order valence-electron chi connectivity index (χ2n) is 4.36. The van der Waals surface area contributed by atoms with Crippen LogP contribution in [0.5, 0.6) is 0 Å². The lowest BCUT2D eigenvalue weighted by Gasteiger charge is -2.20. The minimum atomic E-state index is 0.101. The number of amides is 1. The molecule has 5 nitrogen and oxygen atoms in total. The molecule has 0 fully saturated rings. The molecule has 0 atom stereocenters. The minimum absolute atomic E-state index is 0.101. The topological polar surface area (TPSA) is 69.1 Å². The lowest BCUT2D eigenvalue weighted by atomic mass is 10.0. The van der Waals surface area contributed by atoms with Gasteiger partial charge in [-0.25, -0.2) is 0 Å². The first kappa shape index (κ1) is 12.5. The van der Waals surface area contributed by atoms with E-state index in [0.717, 1.165) is 36.9 Å². The summed E-state index contributed by atoms with van der Waals surface area (Å²) in [5, 5.41) is 3.49. The maximum atomic E-state index is 12.3. The predicted molar refractivity (Wildman–Crippen MR) is 69.3 cm³/mol. The summed E-state index contributed by atoms with van der Waals surface area (Å²) in [6.45, 7) is 1.89. The molecule has 0 N–H and O–H groups in total. The van der Waals surface area contributed by atoms with Crippen LogP contribution in [0.2, 0.25) is 0 Å². The van der Waals surface area contributed by atoms with E-state index in [1.165, 1.54) is 0 Å². The number of hydrogen-bond acceptors (Lipinski definition) is 2. The first-order valence-electron chi connectivity index (χ1n) is 6.21. The molecule has 0 unspecified atom stereocenters. The fraction of sp³-hybridized carbons (Fsp3) is 0.462. The fourth-order valence-electron chi connectivity index (χ4n) is 2.27. The minimum Gasteiger partial charge on any atom is -0.339 e. The summed E-state index contributed by atoms with van der Waals surface area (Å²) in [5.41, 5.74) is 10.2. The molecule has 94 valence electrons. The Kier molecular flexibility index (Phi) is 4.20. The zero-order valence-corrected chi connectivity index (χ0v) is 10.2. The van der Waals surface area contributed by atoms with Gasteiger partial charge in [0.15, 0.2) is 0 Å². The fourth-order valence-corrected chi connectivity index (χ4v) is 2.27. The van der Waals surface area contributed by atoms with Crippen LogP contribution in [0.3, 0.4) is 0 Å². The molecule has 1 heterocycles. The average Bonchev–Trinajstić information content (AvgIpc) is 2.56. The lowest BCUT2D eigenvalue weighted by molar-refractivity contribution is 0.0760. The van der Waals surface area contributed by atoms with Crippen molar-refractivity contribution in [2.45, 2.75) is 19.3 Å². The zero-order chi connectivity index (χ0) is 12.8. The quantitative estimate of drug-likeness (QED) is 0.347. The molecule has 0 spiro atoms. The number of nitrogens with zero attached hydrogens (tertiary/aromatic N) is 4. The molecule has 0 saturated carbocycles. The van der Waals surface area contributed by atoms with Crippen molar-refractivity contribution in [2.75, 3.05) is 19.6 Å². The van der Waals surface area contributed by atoms with Gasteiger partial charge in [0.25, 0.3) is 5.91 Å². The molecule has 5 heteroatoms. The Morgan fingerprint density at radius 2 is 2.22 bits per heavy atom. The van der Waals surface area contributed by atoms with E-state index in [0.29, 0.717) is 13.1 Å². The Labute approximate surface area is 106 Å². The highest BCUT2D eigenvalue weighted by Gasteiger charge is 2.21. The van der Waals surface area contributed by atoms with Gasteiger partial charge in [0.1, 0.15) is 0 Å². The third kappa shape index (κ3) is 2.81. The standard InChI is InChI=1S/C13H16N4O/c14-16-15-8-4-10-17-9-3-6-11-5-1-2-7-12(11)13(17)18/h1-2,5,7H,3-4,6,8-10H2. The highest BCUT2D eigenvalue weighted by Crippen LogP contribution is 2.18. The van der Waals surface area contributed by atoms with Gasteiger partial charge in [-0.05, 0) is 36.4 Å². The van der Waals surface area contributed by atoms with Crippen LogP contribution >= 0.6 is 0 Å². The smallest absolute Gasteiger partial charge is 0.254 e. The third-order valence-corrected chi connectivity index (χ3v) is 3.16. The van der Waals surface area contributed by atoms with Gasteiger partial charge in [0.2, 0.25) is 0 Å². The molecule has 1 aliphatic rings. The van der Waals surface area contributed by atoms with Crippen molar-refractivity contribution in [1.29, 1.82) is 0 Å². The number of fused-ring (bicyclic) bond motifs is 1. The summed E-state index contributed by atoms with van der Waals surface area (Å²) in [6.07, 6.45) is 2.66. The van der Waals surface area contributed by atoms with Crippen LogP contribution in [0, 0.1) is 0 Å². The van der Waals surface area contributed by atoms with Gasteiger partial charge < -0.3 is 4.90 Å². The van der Waals surface area contributed by atoms with Gasteiger partial charge in [0, 0.05) is 30.1 Å². The van der Waals surface area contributed by atoms with Crippen molar-refractivity contribution >= 4 is 5.91 Å². The van der Waals surface area contributed by atoms with Crippen molar-refractivity contribution in [3.8, 4) is 0 Å². The number of aryl methyl sites for hydroxylation is 1. The van der Waals surface area contributed by atoms with Gasteiger partial charge >= 0.3 is 0 Å². The number of carbonyl (C=O) groups is 1. The van der Waals surface area contributed by atoms with Crippen molar-refractivity contribution in [1.82, 2.24) is 4.90 Å². The molecule has 0 saturated heterocycles. The number of benzene rings is 1.